The molecule has 0 aromatic heterocycles. The topological polar surface area (TPSA) is 0 Å². The zero-order valence-corrected chi connectivity index (χ0v) is 29.8. The number of hydrogen-bond acceptors (Lipinski definition) is 0. The molecule has 0 saturated carbocycles. The maximum atomic E-state index is 2.38. The first-order valence-corrected chi connectivity index (χ1v) is 18.7. The van der Waals surface area contributed by atoms with Crippen LogP contribution in [0.3, 0.4) is 0 Å². The highest BCUT2D eigenvalue weighted by molar-refractivity contribution is 6.27. The fourth-order valence-corrected chi connectivity index (χ4v) is 9.55. The Morgan fingerprint density at radius 3 is 1.64 bits per heavy atom. The van der Waals surface area contributed by atoms with Crippen molar-refractivity contribution in [2.75, 3.05) is 0 Å². The van der Waals surface area contributed by atoms with Gasteiger partial charge in [0.25, 0.3) is 0 Å². The zero-order chi connectivity index (χ0) is 35.3. The maximum Gasteiger partial charge on any atom is 0.0165 e. The molecule has 0 spiro atoms. The van der Waals surface area contributed by atoms with E-state index in [9.17, 15) is 0 Å². The molecular weight excluding hydrogens is 637 g/mol. The molecule has 1 aliphatic rings. The second-order valence-corrected chi connectivity index (χ2v) is 15.2. The Morgan fingerprint density at radius 2 is 0.849 bits per heavy atom. The fourth-order valence-electron chi connectivity index (χ4n) is 9.55. The molecule has 10 aromatic rings. The number of benzene rings is 10. The zero-order valence-electron chi connectivity index (χ0n) is 29.8. The van der Waals surface area contributed by atoms with Gasteiger partial charge in [-0.3, -0.25) is 0 Å². The summed E-state index contributed by atoms with van der Waals surface area (Å²) >= 11 is 0. The molecule has 0 saturated heterocycles. The van der Waals surface area contributed by atoms with Crippen LogP contribution in [0.25, 0.3) is 98.7 Å². The molecule has 11 rings (SSSR count). The Hall–Kier alpha value is -6.50. The van der Waals surface area contributed by atoms with Crippen molar-refractivity contribution in [1.29, 1.82) is 0 Å². The number of fused-ring (bicyclic) bond motifs is 5. The van der Waals surface area contributed by atoms with Gasteiger partial charge in [-0.05, 0) is 122 Å². The average molecular weight is 673 g/mol. The molecule has 0 atom stereocenters. The molecule has 0 amide bonds. The SMILES string of the molecule is CC1(C)c2ccccc2-c2ccc3cc(-c4cccc(-c5ccccc5-c5ccc6ccc7c(-c8ccccc8)ccc8ccc5c6c87)c4)ccc3c21. The van der Waals surface area contributed by atoms with Gasteiger partial charge < -0.3 is 0 Å². The van der Waals surface area contributed by atoms with Gasteiger partial charge in [-0.2, -0.15) is 0 Å². The first-order chi connectivity index (χ1) is 26.0. The van der Waals surface area contributed by atoms with Crippen LogP contribution in [0.4, 0.5) is 0 Å². The summed E-state index contributed by atoms with van der Waals surface area (Å²) in [4.78, 5) is 0. The minimum Gasteiger partial charge on any atom is -0.0622 e. The second kappa shape index (κ2) is 11.2. The summed E-state index contributed by atoms with van der Waals surface area (Å²) in [5.41, 5.74) is 15.5. The third-order valence-electron chi connectivity index (χ3n) is 12.0. The van der Waals surface area contributed by atoms with Gasteiger partial charge in [0.05, 0.1) is 0 Å². The lowest BCUT2D eigenvalue weighted by Crippen LogP contribution is -2.15. The van der Waals surface area contributed by atoms with Gasteiger partial charge in [-0.1, -0.05) is 184 Å². The van der Waals surface area contributed by atoms with Gasteiger partial charge in [0.2, 0.25) is 0 Å². The van der Waals surface area contributed by atoms with E-state index in [1.165, 1.54) is 110 Å². The van der Waals surface area contributed by atoms with E-state index in [2.05, 4.69) is 196 Å². The Labute approximate surface area is 310 Å². The van der Waals surface area contributed by atoms with E-state index < -0.39 is 0 Å². The van der Waals surface area contributed by atoms with Gasteiger partial charge in [0.15, 0.2) is 0 Å². The van der Waals surface area contributed by atoms with E-state index >= 15 is 0 Å². The minimum absolute atomic E-state index is 0.0358. The summed E-state index contributed by atoms with van der Waals surface area (Å²) in [5, 5.41) is 10.5. The number of rotatable bonds is 4. The highest BCUT2D eigenvalue weighted by Gasteiger charge is 2.36. The summed E-state index contributed by atoms with van der Waals surface area (Å²) in [5.74, 6) is 0. The van der Waals surface area contributed by atoms with Crippen LogP contribution in [-0.2, 0) is 5.41 Å². The highest BCUT2D eigenvalue weighted by Crippen LogP contribution is 2.51. The predicted octanol–water partition coefficient (Wildman–Crippen LogP) is 14.7. The first-order valence-electron chi connectivity index (χ1n) is 18.7. The molecule has 53 heavy (non-hydrogen) atoms. The van der Waals surface area contributed by atoms with E-state index in [0.29, 0.717) is 0 Å². The van der Waals surface area contributed by atoms with Crippen LogP contribution in [-0.4, -0.2) is 0 Å². The lowest BCUT2D eigenvalue weighted by atomic mass is 9.80. The smallest absolute Gasteiger partial charge is 0.0165 e. The van der Waals surface area contributed by atoms with Crippen LogP contribution < -0.4 is 0 Å². The molecule has 0 bridgehead atoms. The third kappa shape index (κ3) is 4.42. The molecular formula is C53H36. The van der Waals surface area contributed by atoms with Crippen molar-refractivity contribution in [2.45, 2.75) is 19.3 Å². The van der Waals surface area contributed by atoms with Crippen molar-refractivity contribution in [3.8, 4) is 55.6 Å². The largest absolute Gasteiger partial charge is 0.0622 e. The van der Waals surface area contributed by atoms with Crippen LogP contribution in [0.1, 0.15) is 25.0 Å². The molecule has 0 heteroatoms. The van der Waals surface area contributed by atoms with Crippen molar-refractivity contribution in [2.24, 2.45) is 0 Å². The summed E-state index contributed by atoms with van der Waals surface area (Å²) in [6, 6.07) is 67.8. The van der Waals surface area contributed by atoms with Crippen LogP contribution in [0, 0.1) is 0 Å². The summed E-state index contributed by atoms with van der Waals surface area (Å²) < 4.78 is 0. The first kappa shape index (κ1) is 30.2. The Balaban J connectivity index is 1.04. The van der Waals surface area contributed by atoms with E-state index in [1.807, 2.05) is 0 Å². The van der Waals surface area contributed by atoms with Gasteiger partial charge in [0, 0.05) is 5.41 Å². The molecule has 0 unspecified atom stereocenters. The molecule has 1 aliphatic carbocycles. The predicted molar refractivity (Wildman–Crippen MR) is 227 cm³/mol. The Morgan fingerprint density at radius 1 is 0.302 bits per heavy atom. The molecule has 0 N–H and O–H groups in total. The lowest BCUT2D eigenvalue weighted by molar-refractivity contribution is 0.666. The molecule has 248 valence electrons. The second-order valence-electron chi connectivity index (χ2n) is 15.2. The summed E-state index contributed by atoms with van der Waals surface area (Å²) in [7, 11) is 0. The van der Waals surface area contributed by atoms with Gasteiger partial charge in [-0.15, -0.1) is 0 Å². The molecule has 0 aliphatic heterocycles. The Kier molecular flexibility index (Phi) is 6.40. The molecule has 0 fully saturated rings. The molecule has 0 nitrogen and oxygen atoms in total. The summed E-state index contributed by atoms with van der Waals surface area (Å²) in [6.45, 7) is 4.74. The normalized spacial score (nSPS) is 13.2. The number of hydrogen-bond donors (Lipinski definition) is 0. The molecule has 0 radical (unpaired) electrons. The van der Waals surface area contributed by atoms with E-state index in [0.717, 1.165) is 0 Å². The highest BCUT2D eigenvalue weighted by atomic mass is 14.4. The molecule has 0 heterocycles. The Bertz CT molecular complexity index is 3070. The minimum atomic E-state index is -0.0358. The van der Waals surface area contributed by atoms with Gasteiger partial charge >= 0.3 is 0 Å². The van der Waals surface area contributed by atoms with Crippen molar-refractivity contribution < 1.29 is 0 Å². The van der Waals surface area contributed by atoms with Crippen molar-refractivity contribution in [3.63, 3.8) is 0 Å². The van der Waals surface area contributed by atoms with Crippen LogP contribution in [0.15, 0.2) is 182 Å². The van der Waals surface area contributed by atoms with Crippen molar-refractivity contribution in [1.82, 2.24) is 0 Å². The van der Waals surface area contributed by atoms with E-state index in [-0.39, 0.29) is 5.41 Å². The van der Waals surface area contributed by atoms with Crippen LogP contribution >= 0.6 is 0 Å². The standard InChI is InChI=1S/C53H36/c1-53(2)49-18-9-8-17-45(49)48-30-24-39-32-37(23-26-42(39)52(48)53)36-13-10-14-38(31-36)40-15-6-7-16-43(40)44-27-20-35-21-28-46-41(33-11-4-3-5-12-33)25-19-34-22-29-47(44)51(35)50(34)46/h3-32H,1-2H3. The fraction of sp³-hybridized carbons (Fsp3) is 0.0566. The van der Waals surface area contributed by atoms with Gasteiger partial charge in [0.1, 0.15) is 0 Å². The van der Waals surface area contributed by atoms with Crippen molar-refractivity contribution >= 4 is 43.1 Å². The third-order valence-corrected chi connectivity index (χ3v) is 12.0. The summed E-state index contributed by atoms with van der Waals surface area (Å²) in [6.07, 6.45) is 0. The molecule has 10 aromatic carbocycles. The van der Waals surface area contributed by atoms with Crippen molar-refractivity contribution in [3.05, 3.63) is 193 Å². The quantitative estimate of drug-likeness (QED) is 0.163. The van der Waals surface area contributed by atoms with E-state index in [1.54, 1.807) is 0 Å². The lowest BCUT2D eigenvalue weighted by Gasteiger charge is -2.23. The van der Waals surface area contributed by atoms with E-state index in [4.69, 9.17) is 0 Å². The van der Waals surface area contributed by atoms with Gasteiger partial charge in [-0.25, -0.2) is 0 Å². The monoisotopic (exact) mass is 672 g/mol. The average Bonchev–Trinajstić information content (AvgIpc) is 3.46. The van der Waals surface area contributed by atoms with Crippen LogP contribution in [0.5, 0.6) is 0 Å². The van der Waals surface area contributed by atoms with Crippen LogP contribution in [0.2, 0.25) is 0 Å². The maximum absolute atomic E-state index is 2.38.